The third-order valence-corrected chi connectivity index (χ3v) is 7.78. The molecule has 0 N–H and O–H groups in total. The average Bonchev–Trinajstić information content (AvgIpc) is 3.45. The molecule has 7 aliphatic rings. The van der Waals surface area contributed by atoms with E-state index in [1.165, 1.54) is 42.9 Å². The van der Waals surface area contributed by atoms with Crippen LogP contribution >= 0.6 is 0 Å². The number of hydrogen-bond acceptors (Lipinski definition) is 2. The lowest BCUT2D eigenvalue weighted by Gasteiger charge is -2.36. The van der Waals surface area contributed by atoms with E-state index in [1.54, 1.807) is 38.5 Å². The molecule has 2 nitrogen and oxygen atoms in total. The highest BCUT2D eigenvalue weighted by molar-refractivity contribution is 5.40. The number of benzene rings is 1. The molecule has 4 fully saturated rings. The molecule has 4 bridgehead atoms. The normalized spacial score (nSPS) is 39.2. The van der Waals surface area contributed by atoms with Gasteiger partial charge in [-0.3, -0.25) is 0 Å². The maximum absolute atomic E-state index is 5.08. The van der Waals surface area contributed by atoms with Gasteiger partial charge in [0.1, 0.15) is 0 Å². The first-order chi connectivity index (χ1) is 12.9. The summed E-state index contributed by atoms with van der Waals surface area (Å²) >= 11 is 0. The van der Waals surface area contributed by atoms with Crippen molar-refractivity contribution in [1.82, 2.24) is 0 Å². The summed E-state index contributed by atoms with van der Waals surface area (Å²) in [6.07, 6.45) is 18.6. The predicted octanol–water partition coefficient (Wildman–Crippen LogP) is 6.22. The van der Waals surface area contributed by atoms with Gasteiger partial charge in [-0.1, -0.05) is 30.7 Å². The molecule has 8 rings (SSSR count). The first-order valence-electron chi connectivity index (χ1n) is 10.9. The fourth-order valence-corrected chi connectivity index (χ4v) is 6.46. The van der Waals surface area contributed by atoms with Crippen LogP contribution in [0.25, 0.3) is 0 Å². The standard InChI is InChI=1S/C10H16.C7H6O2.C7H10/c1-2-9-7-4-5-8(6-7)10(9)3-1;1-2-4-7-6(3-1)8-5-9-7;1-2-6-4-7(3-1)5-6/h7-10H,1-6H2;1-4H,5H2;1-2,6-7H,3-5H2. The Kier molecular flexibility index (Phi) is 4.69. The van der Waals surface area contributed by atoms with Crippen LogP contribution in [0.15, 0.2) is 36.4 Å². The van der Waals surface area contributed by atoms with Crippen molar-refractivity contribution in [2.24, 2.45) is 35.5 Å². The second-order valence-corrected chi connectivity index (χ2v) is 9.21. The van der Waals surface area contributed by atoms with Crippen molar-refractivity contribution in [1.29, 1.82) is 0 Å². The van der Waals surface area contributed by atoms with Crippen LogP contribution < -0.4 is 9.47 Å². The number of ether oxygens (including phenoxy) is 2. The lowest BCUT2D eigenvalue weighted by atomic mass is 9.69. The Morgan fingerprint density at radius 1 is 0.769 bits per heavy atom. The second-order valence-electron chi connectivity index (χ2n) is 9.21. The Balaban J connectivity index is 0.0000000880. The third kappa shape index (κ3) is 3.28. The molecule has 140 valence electrons. The maximum Gasteiger partial charge on any atom is 0.231 e. The van der Waals surface area contributed by atoms with Crippen molar-refractivity contribution in [3.63, 3.8) is 0 Å². The molecule has 6 aliphatic carbocycles. The van der Waals surface area contributed by atoms with Crippen LogP contribution in [0.5, 0.6) is 11.5 Å². The number of allylic oxidation sites excluding steroid dienone is 2. The van der Waals surface area contributed by atoms with Gasteiger partial charge >= 0.3 is 0 Å². The highest BCUT2D eigenvalue weighted by Gasteiger charge is 2.48. The molecule has 1 aromatic rings. The largest absolute Gasteiger partial charge is 0.454 e. The van der Waals surface area contributed by atoms with Crippen LogP contribution in [-0.4, -0.2) is 6.79 Å². The van der Waals surface area contributed by atoms with E-state index in [-0.39, 0.29) is 0 Å². The minimum atomic E-state index is 0.360. The smallest absolute Gasteiger partial charge is 0.231 e. The van der Waals surface area contributed by atoms with E-state index < -0.39 is 0 Å². The molecule has 26 heavy (non-hydrogen) atoms. The Labute approximate surface area is 158 Å². The van der Waals surface area contributed by atoms with E-state index in [1.807, 2.05) is 24.3 Å². The van der Waals surface area contributed by atoms with Gasteiger partial charge < -0.3 is 9.47 Å². The molecule has 0 saturated heterocycles. The fourth-order valence-electron chi connectivity index (χ4n) is 6.46. The summed E-state index contributed by atoms with van der Waals surface area (Å²) in [5.41, 5.74) is 0. The van der Waals surface area contributed by atoms with E-state index in [2.05, 4.69) is 12.2 Å². The van der Waals surface area contributed by atoms with Crippen molar-refractivity contribution in [3.05, 3.63) is 36.4 Å². The lowest BCUT2D eigenvalue weighted by molar-refractivity contribution is 0.174. The van der Waals surface area contributed by atoms with Crippen LogP contribution in [-0.2, 0) is 0 Å². The Hall–Kier alpha value is -1.44. The summed E-state index contributed by atoms with van der Waals surface area (Å²) in [4.78, 5) is 0. The molecule has 4 unspecified atom stereocenters. The summed E-state index contributed by atoms with van der Waals surface area (Å²) in [6, 6.07) is 7.63. The SMILES string of the molecule is C1=CC2CC(C1)C2.C1CC2C3CCC(C3)C2C1.c1ccc2c(c1)OCO2. The molecule has 0 spiro atoms. The first kappa shape index (κ1) is 16.7. The van der Waals surface area contributed by atoms with Crippen LogP contribution in [0.4, 0.5) is 0 Å². The molecular formula is C24H32O2. The lowest BCUT2D eigenvalue weighted by Crippen LogP contribution is -2.24. The minimum absolute atomic E-state index is 0.360. The van der Waals surface area contributed by atoms with Gasteiger partial charge in [0.15, 0.2) is 11.5 Å². The zero-order chi connectivity index (χ0) is 17.3. The van der Waals surface area contributed by atoms with Gasteiger partial charge in [-0.2, -0.15) is 0 Å². The van der Waals surface area contributed by atoms with Crippen molar-refractivity contribution in [2.45, 2.75) is 57.8 Å². The van der Waals surface area contributed by atoms with Gasteiger partial charge in [-0.25, -0.2) is 0 Å². The van der Waals surface area contributed by atoms with E-state index in [0.29, 0.717) is 6.79 Å². The minimum Gasteiger partial charge on any atom is -0.454 e. The summed E-state index contributed by atoms with van der Waals surface area (Å²) in [7, 11) is 0. The van der Waals surface area contributed by atoms with E-state index in [9.17, 15) is 0 Å². The van der Waals surface area contributed by atoms with Gasteiger partial charge in [0.25, 0.3) is 0 Å². The van der Waals surface area contributed by atoms with Crippen LogP contribution in [0.2, 0.25) is 0 Å². The number of para-hydroxylation sites is 2. The average molecular weight is 353 g/mol. The number of hydrogen-bond donors (Lipinski definition) is 0. The second kappa shape index (κ2) is 7.29. The van der Waals surface area contributed by atoms with Crippen molar-refractivity contribution >= 4 is 0 Å². The molecule has 0 aromatic heterocycles. The molecular weight excluding hydrogens is 320 g/mol. The van der Waals surface area contributed by atoms with E-state index >= 15 is 0 Å². The first-order valence-corrected chi connectivity index (χ1v) is 10.9. The van der Waals surface area contributed by atoms with Crippen LogP contribution in [0.3, 0.4) is 0 Å². The topological polar surface area (TPSA) is 18.5 Å². The van der Waals surface area contributed by atoms with E-state index in [4.69, 9.17) is 9.47 Å². The van der Waals surface area contributed by atoms with Crippen LogP contribution in [0.1, 0.15) is 57.8 Å². The monoisotopic (exact) mass is 352 g/mol. The molecule has 1 aromatic carbocycles. The zero-order valence-corrected chi connectivity index (χ0v) is 15.8. The highest BCUT2D eigenvalue weighted by atomic mass is 16.7. The Morgan fingerprint density at radius 3 is 1.88 bits per heavy atom. The quantitative estimate of drug-likeness (QED) is 0.516. The van der Waals surface area contributed by atoms with E-state index in [0.717, 1.165) is 23.3 Å². The van der Waals surface area contributed by atoms with Crippen molar-refractivity contribution in [2.75, 3.05) is 6.79 Å². The number of rotatable bonds is 0. The molecule has 2 heteroatoms. The third-order valence-electron chi connectivity index (χ3n) is 7.78. The Bertz CT molecular complexity index is 606. The van der Waals surface area contributed by atoms with Crippen molar-refractivity contribution < 1.29 is 9.47 Å². The summed E-state index contributed by atoms with van der Waals surface area (Å²) in [5.74, 6) is 8.58. The number of fused-ring (bicyclic) bond motifs is 7. The summed E-state index contributed by atoms with van der Waals surface area (Å²) in [6.45, 7) is 0.360. The summed E-state index contributed by atoms with van der Waals surface area (Å²) in [5, 5.41) is 0. The highest BCUT2D eigenvalue weighted by Crippen LogP contribution is 2.58. The molecule has 0 radical (unpaired) electrons. The van der Waals surface area contributed by atoms with Crippen LogP contribution in [0, 0.1) is 35.5 Å². The van der Waals surface area contributed by atoms with Gasteiger partial charge in [0.05, 0.1) is 0 Å². The molecule has 1 heterocycles. The van der Waals surface area contributed by atoms with Gasteiger partial charge in [0.2, 0.25) is 6.79 Å². The maximum atomic E-state index is 5.08. The van der Waals surface area contributed by atoms with Gasteiger partial charge in [-0.05, 0) is 99.0 Å². The molecule has 0 amide bonds. The predicted molar refractivity (Wildman–Crippen MR) is 104 cm³/mol. The fraction of sp³-hybridized carbons (Fsp3) is 0.667. The van der Waals surface area contributed by atoms with Gasteiger partial charge in [-0.15, -0.1) is 0 Å². The summed E-state index contributed by atoms with van der Waals surface area (Å²) < 4.78 is 10.2. The van der Waals surface area contributed by atoms with Crippen molar-refractivity contribution in [3.8, 4) is 11.5 Å². The molecule has 1 aliphatic heterocycles. The van der Waals surface area contributed by atoms with Gasteiger partial charge in [0, 0.05) is 0 Å². The Morgan fingerprint density at radius 2 is 1.42 bits per heavy atom. The molecule has 4 saturated carbocycles. The zero-order valence-electron chi connectivity index (χ0n) is 15.8. The molecule has 4 atom stereocenters.